The Hall–Kier alpha value is -2.55. The maximum atomic E-state index is 12.3. The number of hydrogen-bond donors (Lipinski definition) is 2. The maximum Gasteiger partial charge on any atom is 0.224 e. The summed E-state index contributed by atoms with van der Waals surface area (Å²) in [4.78, 5) is 15.6. The van der Waals surface area contributed by atoms with Crippen molar-refractivity contribution < 1.29 is 4.79 Å². The number of para-hydroxylation sites is 1. The van der Waals surface area contributed by atoms with Gasteiger partial charge in [0.1, 0.15) is 0 Å². The van der Waals surface area contributed by atoms with Crippen molar-refractivity contribution in [3.63, 3.8) is 0 Å². The van der Waals surface area contributed by atoms with Crippen LogP contribution in [0.1, 0.15) is 35.1 Å². The van der Waals surface area contributed by atoms with Crippen LogP contribution in [0.3, 0.4) is 0 Å². The second-order valence-corrected chi connectivity index (χ2v) is 6.53. The molecule has 24 heavy (non-hydrogen) atoms. The van der Waals surface area contributed by atoms with E-state index in [0.29, 0.717) is 6.42 Å². The van der Waals surface area contributed by atoms with E-state index in [1.807, 2.05) is 19.9 Å². The van der Waals surface area contributed by atoms with Crippen molar-refractivity contribution in [3.05, 3.63) is 64.8 Å². The number of anilines is 1. The quantitative estimate of drug-likeness (QED) is 0.678. The number of amides is 1. The molecular weight excluding hydrogens is 296 g/mol. The lowest BCUT2D eigenvalue weighted by Gasteiger charge is -2.12. The minimum Gasteiger partial charge on any atom is -0.361 e. The third-order valence-electron chi connectivity index (χ3n) is 4.47. The van der Waals surface area contributed by atoms with Crippen LogP contribution in [0.2, 0.25) is 0 Å². The van der Waals surface area contributed by atoms with Crippen LogP contribution in [0, 0.1) is 20.8 Å². The van der Waals surface area contributed by atoms with Gasteiger partial charge in [0.05, 0.1) is 0 Å². The van der Waals surface area contributed by atoms with Crippen molar-refractivity contribution in [3.8, 4) is 0 Å². The molecule has 3 heteroatoms. The van der Waals surface area contributed by atoms with Crippen molar-refractivity contribution in [2.45, 2.75) is 40.0 Å². The molecule has 0 aliphatic carbocycles. The minimum atomic E-state index is 0.0879. The molecule has 0 bridgehead atoms. The number of nitrogens with one attached hydrogen (secondary N) is 2. The Morgan fingerprint density at radius 3 is 2.54 bits per heavy atom. The predicted molar refractivity (Wildman–Crippen MR) is 101 cm³/mol. The highest BCUT2D eigenvalue weighted by Crippen LogP contribution is 2.23. The topological polar surface area (TPSA) is 44.9 Å². The summed E-state index contributed by atoms with van der Waals surface area (Å²) >= 11 is 0. The number of carbonyl (C=O) groups excluding carboxylic acids is 1. The molecule has 0 atom stereocenters. The molecule has 1 aromatic heterocycles. The van der Waals surface area contributed by atoms with Gasteiger partial charge in [-0.05, 0) is 56.4 Å². The van der Waals surface area contributed by atoms with Gasteiger partial charge < -0.3 is 10.3 Å². The molecule has 3 nitrogen and oxygen atoms in total. The van der Waals surface area contributed by atoms with Gasteiger partial charge in [0.15, 0.2) is 0 Å². The van der Waals surface area contributed by atoms with Crippen LogP contribution in [0.5, 0.6) is 0 Å². The largest absolute Gasteiger partial charge is 0.361 e. The minimum absolute atomic E-state index is 0.0879. The summed E-state index contributed by atoms with van der Waals surface area (Å²) in [6, 6.07) is 12.5. The van der Waals surface area contributed by atoms with Crippen LogP contribution in [-0.4, -0.2) is 10.9 Å². The number of benzene rings is 2. The molecule has 0 saturated carbocycles. The number of fused-ring (bicyclic) bond motifs is 1. The zero-order valence-electron chi connectivity index (χ0n) is 14.6. The van der Waals surface area contributed by atoms with E-state index in [1.165, 1.54) is 16.5 Å². The van der Waals surface area contributed by atoms with Crippen LogP contribution in [0.4, 0.5) is 5.69 Å². The Bertz CT molecular complexity index is 853. The Balaban J connectivity index is 1.58. The molecule has 2 N–H and O–H groups in total. The van der Waals surface area contributed by atoms with Gasteiger partial charge in [-0.25, -0.2) is 0 Å². The highest BCUT2D eigenvalue weighted by molar-refractivity contribution is 5.92. The molecular formula is C21H24N2O. The Morgan fingerprint density at radius 1 is 1.08 bits per heavy atom. The lowest BCUT2D eigenvalue weighted by Crippen LogP contribution is -2.13. The predicted octanol–water partition coefficient (Wildman–Crippen LogP) is 5.05. The van der Waals surface area contributed by atoms with Crippen molar-refractivity contribution in [2.75, 3.05) is 5.32 Å². The molecule has 124 valence electrons. The van der Waals surface area contributed by atoms with Crippen molar-refractivity contribution in [1.82, 2.24) is 4.98 Å². The zero-order chi connectivity index (χ0) is 17.1. The van der Waals surface area contributed by atoms with E-state index in [4.69, 9.17) is 0 Å². The average molecular weight is 320 g/mol. The first kappa shape index (κ1) is 16.3. The van der Waals surface area contributed by atoms with Crippen LogP contribution < -0.4 is 5.32 Å². The SMILES string of the molecule is Cc1cc(C)c(NC(=O)CCCc2c[nH]c3ccccc23)c(C)c1. The summed E-state index contributed by atoms with van der Waals surface area (Å²) in [5.74, 6) is 0.0879. The summed E-state index contributed by atoms with van der Waals surface area (Å²) in [5.41, 5.74) is 6.86. The lowest BCUT2D eigenvalue weighted by atomic mass is 10.0. The fourth-order valence-corrected chi connectivity index (χ4v) is 3.36. The number of carbonyl (C=O) groups is 1. The van der Waals surface area contributed by atoms with E-state index < -0.39 is 0 Å². The summed E-state index contributed by atoms with van der Waals surface area (Å²) < 4.78 is 0. The van der Waals surface area contributed by atoms with Crippen molar-refractivity contribution in [1.29, 1.82) is 0 Å². The first-order valence-corrected chi connectivity index (χ1v) is 8.47. The Morgan fingerprint density at radius 2 is 1.79 bits per heavy atom. The molecule has 0 fully saturated rings. The van der Waals surface area contributed by atoms with E-state index in [0.717, 1.165) is 35.2 Å². The summed E-state index contributed by atoms with van der Waals surface area (Å²) in [6.07, 6.45) is 4.34. The van der Waals surface area contributed by atoms with Crippen LogP contribution in [-0.2, 0) is 11.2 Å². The van der Waals surface area contributed by atoms with Gasteiger partial charge in [-0.2, -0.15) is 0 Å². The molecule has 0 aliphatic rings. The smallest absolute Gasteiger partial charge is 0.224 e. The molecule has 0 radical (unpaired) electrons. The van der Waals surface area contributed by atoms with Crippen LogP contribution in [0.15, 0.2) is 42.6 Å². The molecule has 2 aromatic carbocycles. The van der Waals surface area contributed by atoms with Gasteiger partial charge >= 0.3 is 0 Å². The molecule has 1 amide bonds. The van der Waals surface area contributed by atoms with Gasteiger partial charge in [0, 0.05) is 29.2 Å². The van der Waals surface area contributed by atoms with Gasteiger partial charge in [0.25, 0.3) is 0 Å². The molecule has 0 saturated heterocycles. The van der Waals surface area contributed by atoms with Crippen LogP contribution >= 0.6 is 0 Å². The summed E-state index contributed by atoms with van der Waals surface area (Å²) in [6.45, 7) is 6.16. The highest BCUT2D eigenvalue weighted by Gasteiger charge is 2.09. The van der Waals surface area contributed by atoms with E-state index in [9.17, 15) is 4.79 Å². The Labute approximate surface area is 143 Å². The van der Waals surface area contributed by atoms with Crippen LogP contribution in [0.25, 0.3) is 10.9 Å². The number of aromatic amines is 1. The zero-order valence-corrected chi connectivity index (χ0v) is 14.6. The maximum absolute atomic E-state index is 12.3. The van der Waals surface area contributed by atoms with E-state index in [2.05, 4.69) is 53.8 Å². The number of rotatable bonds is 5. The molecule has 0 unspecified atom stereocenters. The number of aryl methyl sites for hydroxylation is 4. The second kappa shape index (κ2) is 6.91. The van der Waals surface area contributed by atoms with E-state index in [-0.39, 0.29) is 5.91 Å². The van der Waals surface area contributed by atoms with Gasteiger partial charge in [-0.1, -0.05) is 35.9 Å². The fraction of sp³-hybridized carbons (Fsp3) is 0.286. The van der Waals surface area contributed by atoms with Crippen molar-refractivity contribution >= 4 is 22.5 Å². The van der Waals surface area contributed by atoms with E-state index >= 15 is 0 Å². The third kappa shape index (κ3) is 3.51. The first-order chi connectivity index (χ1) is 11.5. The fourth-order valence-electron chi connectivity index (χ4n) is 3.36. The third-order valence-corrected chi connectivity index (χ3v) is 4.47. The highest BCUT2D eigenvalue weighted by atomic mass is 16.1. The normalized spacial score (nSPS) is 11.0. The molecule has 3 aromatic rings. The average Bonchev–Trinajstić information content (AvgIpc) is 2.94. The van der Waals surface area contributed by atoms with Gasteiger partial charge in [-0.3, -0.25) is 4.79 Å². The van der Waals surface area contributed by atoms with E-state index in [1.54, 1.807) is 0 Å². The molecule has 0 aliphatic heterocycles. The summed E-state index contributed by atoms with van der Waals surface area (Å²) in [7, 11) is 0. The monoisotopic (exact) mass is 320 g/mol. The number of hydrogen-bond acceptors (Lipinski definition) is 1. The van der Waals surface area contributed by atoms with Crippen molar-refractivity contribution in [2.24, 2.45) is 0 Å². The second-order valence-electron chi connectivity index (χ2n) is 6.53. The Kier molecular flexibility index (Phi) is 4.70. The number of aromatic nitrogens is 1. The lowest BCUT2D eigenvalue weighted by molar-refractivity contribution is -0.116. The summed E-state index contributed by atoms with van der Waals surface area (Å²) in [5, 5.41) is 4.33. The molecule has 3 rings (SSSR count). The number of H-pyrrole nitrogens is 1. The molecule has 0 spiro atoms. The van der Waals surface area contributed by atoms with Gasteiger partial charge in [-0.15, -0.1) is 0 Å². The standard InChI is InChI=1S/C21H24N2O/c1-14-11-15(2)21(16(3)12-14)23-20(24)10-6-7-17-13-22-19-9-5-4-8-18(17)19/h4-5,8-9,11-13,22H,6-7,10H2,1-3H3,(H,23,24). The van der Waals surface area contributed by atoms with Gasteiger partial charge in [0.2, 0.25) is 5.91 Å². The molecule has 1 heterocycles. The first-order valence-electron chi connectivity index (χ1n) is 8.47.